The van der Waals surface area contributed by atoms with E-state index in [1.165, 1.54) is 6.34 Å². The van der Waals surface area contributed by atoms with Gasteiger partial charge in [0.05, 0.1) is 18.6 Å². The Morgan fingerprint density at radius 1 is 1.32 bits per heavy atom. The Hall–Kier alpha value is -3.26. The minimum atomic E-state index is -0.0141. The van der Waals surface area contributed by atoms with Crippen LogP contribution in [0.15, 0.2) is 51.3 Å². The van der Waals surface area contributed by atoms with Crippen molar-refractivity contribution in [3.63, 3.8) is 0 Å². The van der Waals surface area contributed by atoms with E-state index in [-0.39, 0.29) is 11.6 Å². The fraction of sp³-hybridized carbons (Fsp3) is 0.304. The monoisotopic (exact) mass is 435 g/mol. The van der Waals surface area contributed by atoms with Gasteiger partial charge in [-0.25, -0.2) is 9.98 Å². The Bertz CT molecular complexity index is 1220. The summed E-state index contributed by atoms with van der Waals surface area (Å²) < 4.78 is 7.72. The topological polar surface area (TPSA) is 94.9 Å². The van der Waals surface area contributed by atoms with Crippen molar-refractivity contribution in [2.24, 2.45) is 15.7 Å². The van der Waals surface area contributed by atoms with Gasteiger partial charge in [0.2, 0.25) is 0 Å². The number of aryl methyl sites for hydroxylation is 1. The molecule has 0 bridgehead atoms. The minimum Gasteiger partial charge on any atom is -0.492 e. The number of amidine groups is 1. The summed E-state index contributed by atoms with van der Waals surface area (Å²) in [5.74, 6) is 1.31. The molecule has 7 nitrogen and oxygen atoms in total. The first kappa shape index (κ1) is 21.0. The van der Waals surface area contributed by atoms with Gasteiger partial charge < -0.3 is 15.0 Å². The zero-order valence-electron chi connectivity index (χ0n) is 17.8. The molecule has 0 saturated carbocycles. The van der Waals surface area contributed by atoms with Gasteiger partial charge in [-0.3, -0.25) is 9.79 Å². The molecule has 0 unspecified atom stereocenters. The Labute approximate surface area is 185 Å². The van der Waals surface area contributed by atoms with E-state index >= 15 is 0 Å². The number of aliphatic imine (C=N–C) groups is 2. The molecule has 31 heavy (non-hydrogen) atoms. The number of aromatic nitrogens is 2. The molecule has 3 heterocycles. The van der Waals surface area contributed by atoms with Gasteiger partial charge >= 0.3 is 0 Å². The van der Waals surface area contributed by atoms with Gasteiger partial charge in [0.25, 0.3) is 5.56 Å². The summed E-state index contributed by atoms with van der Waals surface area (Å²) in [7, 11) is 0. The third-order valence-electron chi connectivity index (χ3n) is 4.96. The maximum absolute atomic E-state index is 12.2. The van der Waals surface area contributed by atoms with Crippen LogP contribution in [-0.4, -0.2) is 34.4 Å². The predicted octanol–water partition coefficient (Wildman–Crippen LogP) is 3.74. The van der Waals surface area contributed by atoms with Crippen molar-refractivity contribution in [1.82, 2.24) is 9.55 Å². The van der Waals surface area contributed by atoms with Crippen LogP contribution in [0.2, 0.25) is 0 Å². The highest BCUT2D eigenvalue weighted by Crippen LogP contribution is 2.39. The van der Waals surface area contributed by atoms with E-state index < -0.39 is 0 Å². The number of rotatable bonds is 4. The minimum absolute atomic E-state index is 0.0141. The molecule has 0 spiro atoms. The lowest BCUT2D eigenvalue weighted by atomic mass is 10.0. The Kier molecular flexibility index (Phi) is 5.99. The average molecular weight is 436 g/mol. The van der Waals surface area contributed by atoms with Crippen LogP contribution in [0.4, 0.5) is 0 Å². The summed E-state index contributed by atoms with van der Waals surface area (Å²) in [5.41, 5.74) is 9.14. The number of benzene rings is 1. The quantitative estimate of drug-likeness (QED) is 0.499. The molecule has 160 valence electrons. The van der Waals surface area contributed by atoms with Crippen molar-refractivity contribution in [2.45, 2.75) is 39.8 Å². The lowest BCUT2D eigenvalue weighted by Crippen LogP contribution is -2.17. The number of fused-ring (bicyclic) bond motifs is 3. The fourth-order valence-electron chi connectivity index (χ4n) is 3.51. The summed E-state index contributed by atoms with van der Waals surface area (Å²) in [4.78, 5) is 27.0. The third-order valence-corrected chi connectivity index (χ3v) is 6.07. The molecule has 0 atom stereocenters. The Balaban J connectivity index is 1.76. The Morgan fingerprint density at radius 2 is 2.13 bits per heavy atom. The summed E-state index contributed by atoms with van der Waals surface area (Å²) >= 11 is 1.57. The van der Waals surface area contributed by atoms with Crippen molar-refractivity contribution in [3.8, 4) is 28.1 Å². The smallest absolute Gasteiger partial charge is 0.251 e. The molecule has 8 heteroatoms. The van der Waals surface area contributed by atoms with Gasteiger partial charge in [-0.15, -0.1) is 11.3 Å². The summed E-state index contributed by atoms with van der Waals surface area (Å²) in [6, 6.07) is 9.69. The average Bonchev–Trinajstić information content (AvgIpc) is 3.09. The molecule has 0 fully saturated rings. The van der Waals surface area contributed by atoms with Crippen LogP contribution in [0, 0.1) is 0 Å². The molecule has 1 aromatic carbocycles. The predicted molar refractivity (Wildman–Crippen MR) is 126 cm³/mol. The highest BCUT2D eigenvalue weighted by molar-refractivity contribution is 7.14. The molecule has 4 rings (SSSR count). The molecule has 3 aromatic rings. The number of nitrogens with two attached hydrogens (primary N) is 1. The standard InChI is InChI=1S/C23H25N5O2S/c1-4-28-9-7-16(12-20(28)29)15-5-6-17-18(11-15)30-10-8-19-21(17)27-23(31-19)22(25-13-24)26-14(2)3/h5-7,9,11-14H,4,8,10H2,1-3H3,(H2,24,25,26). The molecule has 0 amide bonds. The van der Waals surface area contributed by atoms with Gasteiger partial charge in [-0.1, -0.05) is 6.07 Å². The molecular weight excluding hydrogens is 410 g/mol. The molecule has 0 aliphatic carbocycles. The Morgan fingerprint density at radius 3 is 2.84 bits per heavy atom. The van der Waals surface area contributed by atoms with Gasteiger partial charge in [-0.2, -0.15) is 0 Å². The normalized spacial score (nSPS) is 13.7. The number of ether oxygens (including phenoxy) is 1. The van der Waals surface area contributed by atoms with E-state index in [9.17, 15) is 4.79 Å². The zero-order valence-corrected chi connectivity index (χ0v) is 18.6. The number of hydrogen-bond acceptors (Lipinski definition) is 5. The second kappa shape index (κ2) is 8.85. The van der Waals surface area contributed by atoms with Crippen molar-refractivity contribution in [2.75, 3.05) is 6.61 Å². The highest BCUT2D eigenvalue weighted by atomic mass is 32.1. The molecular formula is C23H25N5O2S. The van der Waals surface area contributed by atoms with Crippen molar-refractivity contribution in [1.29, 1.82) is 0 Å². The maximum Gasteiger partial charge on any atom is 0.251 e. The first-order valence-corrected chi connectivity index (χ1v) is 11.1. The second-order valence-electron chi connectivity index (χ2n) is 7.46. The van der Waals surface area contributed by atoms with Crippen LogP contribution >= 0.6 is 11.3 Å². The fourth-order valence-corrected chi connectivity index (χ4v) is 4.51. The van der Waals surface area contributed by atoms with Crippen LogP contribution < -0.4 is 16.0 Å². The van der Waals surface area contributed by atoms with E-state index in [0.29, 0.717) is 19.0 Å². The third kappa shape index (κ3) is 4.29. The van der Waals surface area contributed by atoms with Gasteiger partial charge in [0.1, 0.15) is 5.75 Å². The van der Waals surface area contributed by atoms with Crippen LogP contribution in [-0.2, 0) is 13.0 Å². The van der Waals surface area contributed by atoms with Crippen LogP contribution in [0.1, 0.15) is 30.7 Å². The zero-order chi connectivity index (χ0) is 22.0. The van der Waals surface area contributed by atoms with Gasteiger partial charge in [-0.05, 0) is 50.1 Å². The van der Waals surface area contributed by atoms with Gasteiger partial charge in [0, 0.05) is 41.7 Å². The van der Waals surface area contributed by atoms with E-state index in [2.05, 4.69) is 9.98 Å². The van der Waals surface area contributed by atoms with E-state index in [0.717, 1.165) is 44.4 Å². The lowest BCUT2D eigenvalue weighted by Gasteiger charge is -2.10. The SMILES string of the molecule is CCn1ccc(-c2ccc3c(c2)OCCc2sc(C(N=CN)=NC(C)C)nc2-3)cc1=O. The number of nitrogens with zero attached hydrogens (tertiary/aromatic N) is 4. The van der Waals surface area contributed by atoms with E-state index in [4.69, 9.17) is 15.5 Å². The van der Waals surface area contributed by atoms with Crippen molar-refractivity contribution < 1.29 is 4.74 Å². The van der Waals surface area contributed by atoms with Crippen molar-refractivity contribution in [3.05, 3.63) is 56.8 Å². The first-order valence-electron chi connectivity index (χ1n) is 10.3. The van der Waals surface area contributed by atoms with Crippen molar-refractivity contribution >= 4 is 23.5 Å². The maximum atomic E-state index is 12.2. The molecule has 1 aliphatic rings. The number of hydrogen-bond donors (Lipinski definition) is 1. The summed E-state index contributed by atoms with van der Waals surface area (Å²) in [6.07, 6.45) is 3.83. The molecule has 2 N–H and O–H groups in total. The highest BCUT2D eigenvalue weighted by Gasteiger charge is 2.22. The second-order valence-corrected chi connectivity index (χ2v) is 8.55. The molecule has 2 aromatic heterocycles. The van der Waals surface area contributed by atoms with Crippen LogP contribution in [0.25, 0.3) is 22.4 Å². The van der Waals surface area contributed by atoms with E-state index in [1.54, 1.807) is 22.0 Å². The molecule has 1 aliphatic heterocycles. The van der Waals surface area contributed by atoms with Crippen LogP contribution in [0.5, 0.6) is 5.75 Å². The summed E-state index contributed by atoms with van der Waals surface area (Å²) in [5, 5.41) is 0.750. The van der Waals surface area contributed by atoms with Crippen LogP contribution in [0.3, 0.4) is 0 Å². The number of pyridine rings is 1. The number of thiazole rings is 1. The lowest BCUT2D eigenvalue weighted by molar-refractivity contribution is 0.327. The first-order chi connectivity index (χ1) is 15.0. The van der Waals surface area contributed by atoms with Gasteiger partial charge in [0.15, 0.2) is 10.8 Å². The summed E-state index contributed by atoms with van der Waals surface area (Å²) in [6.45, 7) is 7.15. The molecule has 0 radical (unpaired) electrons. The largest absolute Gasteiger partial charge is 0.492 e. The molecule has 0 saturated heterocycles. The van der Waals surface area contributed by atoms with E-state index in [1.807, 2.05) is 51.2 Å².